The molecule has 0 saturated heterocycles. The van der Waals surface area contributed by atoms with E-state index in [0.717, 1.165) is 33.1 Å². The molecule has 5 nitrogen and oxygen atoms in total. The summed E-state index contributed by atoms with van der Waals surface area (Å²) in [5.74, 6) is -0.123. The highest BCUT2D eigenvalue weighted by Crippen LogP contribution is 2.25. The van der Waals surface area contributed by atoms with Gasteiger partial charge in [-0.25, -0.2) is 9.97 Å². The first-order chi connectivity index (χ1) is 16.7. The summed E-state index contributed by atoms with van der Waals surface area (Å²) >= 11 is 5.62. The zero-order chi connectivity index (χ0) is 23.3. The molecule has 6 rings (SSSR count). The molecule has 34 heavy (non-hydrogen) atoms. The number of pyridine rings is 2. The first-order valence-corrected chi connectivity index (χ1v) is 11.4. The first-order valence-electron chi connectivity index (χ1n) is 10.8. The monoisotopic (exact) mass is 464 g/mol. The van der Waals surface area contributed by atoms with Gasteiger partial charge in [-0.1, -0.05) is 60.7 Å². The average Bonchev–Trinajstić information content (AvgIpc) is 3.56. The van der Waals surface area contributed by atoms with Gasteiger partial charge in [-0.15, -0.1) is 11.6 Å². The van der Waals surface area contributed by atoms with E-state index in [0.29, 0.717) is 11.2 Å². The number of alkyl halides is 1. The molecule has 0 bridgehead atoms. The summed E-state index contributed by atoms with van der Waals surface area (Å²) in [4.78, 5) is 26.5. The molecule has 0 radical (unpaired) electrons. The number of hydrogen-bond acceptors (Lipinski definition) is 3. The molecule has 0 atom stereocenters. The Hall–Kier alpha value is -4.22. The van der Waals surface area contributed by atoms with Crippen molar-refractivity contribution in [2.24, 2.45) is 0 Å². The van der Waals surface area contributed by atoms with Crippen molar-refractivity contribution >= 4 is 39.5 Å². The zero-order valence-electron chi connectivity index (χ0n) is 18.2. The van der Waals surface area contributed by atoms with E-state index in [1.807, 2.05) is 73.1 Å². The van der Waals surface area contributed by atoms with Crippen molar-refractivity contribution in [3.63, 3.8) is 0 Å². The molecule has 0 aliphatic rings. The highest BCUT2D eigenvalue weighted by molar-refractivity contribution is 6.31. The lowest BCUT2D eigenvalue weighted by molar-refractivity contribution is 0.102. The number of aromatic amines is 2. The predicted octanol–water partition coefficient (Wildman–Crippen LogP) is 6.88. The number of rotatable bonds is 4. The largest absolute Gasteiger partial charge is 0.346 e. The molecule has 0 saturated carbocycles. The summed E-state index contributed by atoms with van der Waals surface area (Å²) in [7, 11) is 0. The van der Waals surface area contributed by atoms with Gasteiger partial charge >= 0.3 is 0 Å². The fourth-order valence-corrected chi connectivity index (χ4v) is 3.97. The summed E-state index contributed by atoms with van der Waals surface area (Å²) < 4.78 is 0. The fraction of sp³-hybridized carbons (Fsp3) is 0.0357. The molecular weight excluding hydrogens is 444 g/mol. The summed E-state index contributed by atoms with van der Waals surface area (Å²) in [6.07, 6.45) is 7.26. The molecule has 0 amide bonds. The molecule has 0 aliphatic heterocycles. The quantitative estimate of drug-likeness (QED) is 0.220. The molecule has 2 N–H and O–H groups in total. The summed E-state index contributed by atoms with van der Waals surface area (Å²) in [5, 5.41) is 1.96. The van der Waals surface area contributed by atoms with Gasteiger partial charge in [0.05, 0.1) is 5.88 Å². The summed E-state index contributed by atoms with van der Waals surface area (Å²) in [6.45, 7) is 0. The molecule has 2 aromatic carbocycles. The lowest BCUT2D eigenvalue weighted by Crippen LogP contribution is -1.98. The number of halogens is 1. The third-order valence-corrected chi connectivity index (χ3v) is 5.81. The second-order valence-electron chi connectivity index (χ2n) is 7.75. The molecule has 166 valence electrons. The number of carbonyl (C=O) groups is 1. The standard InChI is InChI=1S/C15H11ClN2O.C13H10N2/c16-7-14(19)13-9-18-15-12(13)6-11(8-17-15)10-4-2-1-3-5-10;1-2-4-10(5-3-1)12-8-11-6-7-14-13(11)15-9-12/h1-6,8-9H,7H2,(H,17,18);1-9H,(H,14,15). The Morgan fingerprint density at radius 1 is 0.735 bits per heavy atom. The van der Waals surface area contributed by atoms with Gasteiger partial charge < -0.3 is 9.97 Å². The van der Waals surface area contributed by atoms with Crippen molar-refractivity contribution in [2.75, 3.05) is 5.88 Å². The Balaban J connectivity index is 0.000000145. The predicted molar refractivity (Wildman–Crippen MR) is 138 cm³/mol. The van der Waals surface area contributed by atoms with Gasteiger partial charge in [-0.2, -0.15) is 0 Å². The number of Topliss-reactive ketones (excluding diaryl/α,β-unsaturated/α-hetero) is 1. The second-order valence-corrected chi connectivity index (χ2v) is 8.02. The maximum atomic E-state index is 11.8. The van der Waals surface area contributed by atoms with E-state index in [2.05, 4.69) is 38.1 Å². The van der Waals surface area contributed by atoms with Crippen LogP contribution < -0.4 is 0 Å². The Morgan fingerprint density at radius 2 is 1.35 bits per heavy atom. The third-order valence-electron chi connectivity index (χ3n) is 5.57. The van der Waals surface area contributed by atoms with Crippen molar-refractivity contribution in [2.45, 2.75) is 0 Å². The van der Waals surface area contributed by atoms with Gasteiger partial charge in [0.2, 0.25) is 0 Å². The Morgan fingerprint density at radius 3 is 2.00 bits per heavy atom. The van der Waals surface area contributed by atoms with E-state index >= 15 is 0 Å². The maximum absolute atomic E-state index is 11.8. The van der Waals surface area contributed by atoms with Gasteiger partial charge in [0.15, 0.2) is 5.78 Å². The van der Waals surface area contributed by atoms with Gasteiger partial charge in [0, 0.05) is 52.3 Å². The molecule has 6 aromatic rings. The van der Waals surface area contributed by atoms with Crippen LogP contribution in [0, 0.1) is 0 Å². The number of benzene rings is 2. The van der Waals surface area contributed by atoms with Crippen molar-refractivity contribution in [3.8, 4) is 22.3 Å². The van der Waals surface area contributed by atoms with E-state index in [4.69, 9.17) is 11.6 Å². The number of ketones is 1. The highest BCUT2D eigenvalue weighted by atomic mass is 35.5. The maximum Gasteiger partial charge on any atom is 0.179 e. The van der Waals surface area contributed by atoms with Crippen LogP contribution in [0.5, 0.6) is 0 Å². The molecule has 0 fully saturated rings. The van der Waals surface area contributed by atoms with Crippen LogP contribution >= 0.6 is 11.6 Å². The van der Waals surface area contributed by atoms with Gasteiger partial charge in [0.25, 0.3) is 0 Å². The number of carbonyl (C=O) groups excluding carboxylic acids is 1. The Kier molecular flexibility index (Phi) is 6.19. The lowest BCUT2D eigenvalue weighted by atomic mass is 10.0. The van der Waals surface area contributed by atoms with E-state index in [9.17, 15) is 4.79 Å². The zero-order valence-corrected chi connectivity index (χ0v) is 19.0. The molecule has 6 heteroatoms. The minimum Gasteiger partial charge on any atom is -0.346 e. The van der Waals surface area contributed by atoms with Crippen LogP contribution in [0.25, 0.3) is 44.3 Å². The van der Waals surface area contributed by atoms with Gasteiger partial charge in [-0.3, -0.25) is 4.79 Å². The average molecular weight is 465 g/mol. The Labute approximate surface area is 201 Å². The molecule has 4 heterocycles. The second kappa shape index (κ2) is 9.73. The van der Waals surface area contributed by atoms with Crippen LogP contribution in [0.15, 0.2) is 104 Å². The first kappa shape index (κ1) is 21.6. The topological polar surface area (TPSA) is 74.4 Å². The summed E-state index contributed by atoms with van der Waals surface area (Å²) in [5.41, 5.74) is 6.65. The van der Waals surface area contributed by atoms with Crippen LogP contribution in [0.3, 0.4) is 0 Å². The minimum absolute atomic E-state index is 0.0253. The summed E-state index contributed by atoms with van der Waals surface area (Å²) in [6, 6.07) is 26.4. The number of fused-ring (bicyclic) bond motifs is 2. The molecule has 0 spiro atoms. The highest BCUT2D eigenvalue weighted by Gasteiger charge is 2.12. The fourth-order valence-electron chi connectivity index (χ4n) is 3.82. The van der Waals surface area contributed by atoms with Crippen LogP contribution in [0.4, 0.5) is 0 Å². The van der Waals surface area contributed by atoms with Gasteiger partial charge in [-0.05, 0) is 29.3 Å². The SMILES string of the molecule is O=C(CCl)c1c[nH]c2ncc(-c3ccccc3)cc12.c1ccc(-c2cnc3[nH]ccc3c2)cc1. The lowest BCUT2D eigenvalue weighted by Gasteiger charge is -2.01. The van der Waals surface area contributed by atoms with Crippen molar-refractivity contribution < 1.29 is 4.79 Å². The van der Waals surface area contributed by atoms with Gasteiger partial charge in [0.1, 0.15) is 11.3 Å². The van der Waals surface area contributed by atoms with E-state index in [1.165, 1.54) is 5.56 Å². The number of hydrogen-bond donors (Lipinski definition) is 2. The Bertz CT molecular complexity index is 1560. The number of H-pyrrole nitrogens is 2. The minimum atomic E-state index is -0.0973. The molecule has 4 aromatic heterocycles. The molecule has 0 aliphatic carbocycles. The van der Waals surface area contributed by atoms with Crippen LogP contribution in [-0.2, 0) is 0 Å². The van der Waals surface area contributed by atoms with E-state index in [-0.39, 0.29) is 11.7 Å². The van der Waals surface area contributed by atoms with Crippen LogP contribution in [0.2, 0.25) is 0 Å². The normalized spacial score (nSPS) is 10.7. The van der Waals surface area contributed by atoms with E-state index < -0.39 is 0 Å². The van der Waals surface area contributed by atoms with Crippen molar-refractivity contribution in [1.82, 2.24) is 19.9 Å². The molecule has 0 unspecified atom stereocenters. The van der Waals surface area contributed by atoms with Crippen molar-refractivity contribution in [3.05, 3.63) is 109 Å². The number of aromatic nitrogens is 4. The number of nitrogens with one attached hydrogen (secondary N) is 2. The van der Waals surface area contributed by atoms with Crippen LogP contribution in [0.1, 0.15) is 10.4 Å². The van der Waals surface area contributed by atoms with Crippen LogP contribution in [-0.4, -0.2) is 31.6 Å². The number of nitrogens with zero attached hydrogens (tertiary/aromatic N) is 2. The molecular formula is C28H21ClN4O. The van der Waals surface area contributed by atoms with Crippen molar-refractivity contribution in [1.29, 1.82) is 0 Å². The van der Waals surface area contributed by atoms with E-state index in [1.54, 1.807) is 12.4 Å². The smallest absolute Gasteiger partial charge is 0.179 e. The third kappa shape index (κ3) is 4.47.